The lowest BCUT2D eigenvalue weighted by molar-refractivity contribution is -0.138. The fourth-order valence-corrected chi connectivity index (χ4v) is 2.28. The van der Waals surface area contributed by atoms with Crippen LogP contribution in [0.2, 0.25) is 0 Å². The first-order valence-electron chi connectivity index (χ1n) is 7.13. The Morgan fingerprint density at radius 2 is 1.81 bits per heavy atom. The maximum Gasteiger partial charge on any atom is 0.416 e. The van der Waals surface area contributed by atoms with Gasteiger partial charge in [-0.15, -0.1) is 0 Å². The van der Waals surface area contributed by atoms with Crippen molar-refractivity contribution in [1.29, 1.82) is 0 Å². The average molecular weight is 306 g/mol. The van der Waals surface area contributed by atoms with Crippen molar-refractivity contribution in [1.82, 2.24) is 5.32 Å². The van der Waals surface area contributed by atoms with Crippen molar-refractivity contribution in [3.63, 3.8) is 0 Å². The van der Waals surface area contributed by atoms with Crippen LogP contribution in [0.1, 0.15) is 43.9 Å². The Morgan fingerprint density at radius 3 is 2.29 bits per heavy atom. The third-order valence-electron chi connectivity index (χ3n) is 3.74. The van der Waals surface area contributed by atoms with E-state index in [9.17, 15) is 17.6 Å². The van der Waals surface area contributed by atoms with Crippen LogP contribution in [-0.2, 0) is 6.18 Å². The molecular weight excluding hydrogens is 284 g/mol. The van der Waals surface area contributed by atoms with E-state index in [4.69, 9.17) is 5.73 Å². The van der Waals surface area contributed by atoms with Crippen LogP contribution in [0, 0.1) is 11.7 Å². The predicted octanol–water partition coefficient (Wildman–Crippen LogP) is 3.87. The second-order valence-electron chi connectivity index (χ2n) is 5.11. The largest absolute Gasteiger partial charge is 0.416 e. The van der Waals surface area contributed by atoms with Gasteiger partial charge in [-0.3, -0.25) is 0 Å². The molecule has 0 aliphatic rings. The Hall–Kier alpha value is -1.14. The van der Waals surface area contributed by atoms with Crippen molar-refractivity contribution in [2.24, 2.45) is 11.7 Å². The highest BCUT2D eigenvalue weighted by Gasteiger charge is 2.35. The molecular formula is C15H22F4N2. The van der Waals surface area contributed by atoms with Gasteiger partial charge in [-0.2, -0.15) is 13.2 Å². The molecule has 1 aromatic carbocycles. The number of alkyl halides is 3. The van der Waals surface area contributed by atoms with Crippen LogP contribution in [0.3, 0.4) is 0 Å². The molecule has 1 rings (SSSR count). The molecule has 0 amide bonds. The van der Waals surface area contributed by atoms with Gasteiger partial charge in [0.15, 0.2) is 0 Å². The SMILES string of the molecule is CCC(CC)CNC(CN)c1ccc(F)cc1C(F)(F)F. The molecule has 0 radical (unpaired) electrons. The van der Waals surface area contributed by atoms with Crippen LogP contribution in [0.5, 0.6) is 0 Å². The van der Waals surface area contributed by atoms with Gasteiger partial charge in [0.1, 0.15) is 5.82 Å². The van der Waals surface area contributed by atoms with E-state index in [0.29, 0.717) is 18.5 Å². The van der Waals surface area contributed by atoms with Gasteiger partial charge in [0.05, 0.1) is 5.56 Å². The van der Waals surface area contributed by atoms with Crippen LogP contribution in [-0.4, -0.2) is 13.1 Å². The third kappa shape index (κ3) is 4.97. The van der Waals surface area contributed by atoms with E-state index in [1.807, 2.05) is 13.8 Å². The average Bonchev–Trinajstić information content (AvgIpc) is 2.43. The Balaban J connectivity index is 3.00. The fraction of sp³-hybridized carbons (Fsp3) is 0.600. The minimum Gasteiger partial charge on any atom is -0.329 e. The molecule has 3 N–H and O–H groups in total. The summed E-state index contributed by atoms with van der Waals surface area (Å²) >= 11 is 0. The number of nitrogens with one attached hydrogen (secondary N) is 1. The Kier molecular flexibility index (Phi) is 6.61. The van der Waals surface area contributed by atoms with E-state index in [1.165, 1.54) is 0 Å². The number of halogens is 4. The highest BCUT2D eigenvalue weighted by molar-refractivity contribution is 5.33. The van der Waals surface area contributed by atoms with Gasteiger partial charge in [0.2, 0.25) is 0 Å². The van der Waals surface area contributed by atoms with Gasteiger partial charge in [0, 0.05) is 12.6 Å². The molecule has 0 saturated carbocycles. The zero-order chi connectivity index (χ0) is 16.0. The summed E-state index contributed by atoms with van der Waals surface area (Å²) in [5, 5.41) is 3.07. The second-order valence-corrected chi connectivity index (χ2v) is 5.11. The van der Waals surface area contributed by atoms with E-state index < -0.39 is 23.6 Å². The normalized spacial score (nSPS) is 13.7. The number of rotatable bonds is 7. The van der Waals surface area contributed by atoms with E-state index >= 15 is 0 Å². The first kappa shape index (κ1) is 17.9. The Labute approximate surface area is 122 Å². The summed E-state index contributed by atoms with van der Waals surface area (Å²) in [5.41, 5.74) is 4.64. The summed E-state index contributed by atoms with van der Waals surface area (Å²) in [4.78, 5) is 0. The quantitative estimate of drug-likeness (QED) is 0.751. The lowest BCUT2D eigenvalue weighted by Crippen LogP contribution is -2.33. The van der Waals surface area contributed by atoms with E-state index in [0.717, 1.165) is 25.0 Å². The first-order valence-corrected chi connectivity index (χ1v) is 7.13. The van der Waals surface area contributed by atoms with Gasteiger partial charge in [-0.1, -0.05) is 32.8 Å². The highest BCUT2D eigenvalue weighted by Crippen LogP contribution is 2.35. The molecule has 120 valence electrons. The molecule has 0 aliphatic heterocycles. The Bertz CT molecular complexity index is 442. The highest BCUT2D eigenvalue weighted by atomic mass is 19.4. The predicted molar refractivity (Wildman–Crippen MR) is 75.3 cm³/mol. The molecule has 1 atom stereocenters. The Morgan fingerprint density at radius 1 is 1.19 bits per heavy atom. The van der Waals surface area contributed by atoms with Crippen LogP contribution in [0.25, 0.3) is 0 Å². The molecule has 21 heavy (non-hydrogen) atoms. The van der Waals surface area contributed by atoms with Gasteiger partial charge in [-0.05, 0) is 30.2 Å². The summed E-state index contributed by atoms with van der Waals surface area (Å²) in [6.07, 6.45) is -2.71. The van der Waals surface area contributed by atoms with Crippen molar-refractivity contribution in [3.8, 4) is 0 Å². The molecule has 0 bridgehead atoms. The number of nitrogens with two attached hydrogens (primary N) is 1. The lowest BCUT2D eigenvalue weighted by Gasteiger charge is -2.24. The zero-order valence-corrected chi connectivity index (χ0v) is 12.3. The number of hydrogen-bond acceptors (Lipinski definition) is 2. The standard InChI is InChI=1S/C15H22F4N2/c1-3-10(4-2)9-21-14(8-20)12-6-5-11(16)7-13(12)15(17,18)19/h5-7,10,14,21H,3-4,8-9,20H2,1-2H3. The smallest absolute Gasteiger partial charge is 0.329 e. The van der Waals surface area contributed by atoms with Gasteiger partial charge < -0.3 is 11.1 Å². The number of benzene rings is 1. The second kappa shape index (κ2) is 7.75. The molecule has 2 nitrogen and oxygen atoms in total. The maximum absolute atomic E-state index is 13.1. The fourth-order valence-electron chi connectivity index (χ4n) is 2.28. The number of hydrogen-bond donors (Lipinski definition) is 2. The summed E-state index contributed by atoms with van der Waals surface area (Å²) in [6.45, 7) is 4.68. The molecule has 0 heterocycles. The van der Waals surface area contributed by atoms with Crippen molar-refractivity contribution in [2.75, 3.05) is 13.1 Å². The first-order chi connectivity index (χ1) is 9.83. The van der Waals surface area contributed by atoms with Crippen molar-refractivity contribution in [3.05, 3.63) is 35.1 Å². The minimum atomic E-state index is -4.60. The summed E-state index contributed by atoms with van der Waals surface area (Å²) < 4.78 is 52.2. The minimum absolute atomic E-state index is 0.00245. The molecule has 1 unspecified atom stereocenters. The monoisotopic (exact) mass is 306 g/mol. The van der Waals surface area contributed by atoms with Crippen molar-refractivity contribution >= 4 is 0 Å². The van der Waals surface area contributed by atoms with Gasteiger partial charge >= 0.3 is 6.18 Å². The van der Waals surface area contributed by atoms with Crippen LogP contribution >= 0.6 is 0 Å². The molecule has 0 saturated heterocycles. The van der Waals surface area contributed by atoms with E-state index in [2.05, 4.69) is 5.32 Å². The molecule has 1 aromatic rings. The zero-order valence-electron chi connectivity index (χ0n) is 12.3. The van der Waals surface area contributed by atoms with Gasteiger partial charge in [-0.25, -0.2) is 4.39 Å². The van der Waals surface area contributed by atoms with Crippen LogP contribution in [0.15, 0.2) is 18.2 Å². The van der Waals surface area contributed by atoms with E-state index in [1.54, 1.807) is 0 Å². The molecule has 6 heteroatoms. The molecule has 0 fully saturated rings. The summed E-state index contributed by atoms with van der Waals surface area (Å²) in [5.74, 6) is -0.518. The maximum atomic E-state index is 13.1. The topological polar surface area (TPSA) is 38.0 Å². The van der Waals surface area contributed by atoms with Crippen molar-refractivity contribution in [2.45, 2.75) is 38.9 Å². The van der Waals surface area contributed by atoms with Gasteiger partial charge in [0.25, 0.3) is 0 Å². The third-order valence-corrected chi connectivity index (χ3v) is 3.74. The summed E-state index contributed by atoms with van der Waals surface area (Å²) in [7, 11) is 0. The molecule has 0 spiro atoms. The van der Waals surface area contributed by atoms with E-state index in [-0.39, 0.29) is 12.1 Å². The summed E-state index contributed by atoms with van der Waals surface area (Å²) in [6, 6.07) is 2.08. The van der Waals surface area contributed by atoms with Crippen LogP contribution in [0.4, 0.5) is 17.6 Å². The molecule has 0 aliphatic carbocycles. The van der Waals surface area contributed by atoms with Crippen LogP contribution < -0.4 is 11.1 Å². The molecule has 0 aromatic heterocycles. The van der Waals surface area contributed by atoms with Crippen molar-refractivity contribution < 1.29 is 17.6 Å². The lowest BCUT2D eigenvalue weighted by atomic mass is 9.97.